The molecule has 2 N–H and O–H groups in total. The summed E-state index contributed by atoms with van der Waals surface area (Å²) >= 11 is 0. The number of hydrogen-bond donors (Lipinski definition) is 2. The maximum Gasteiger partial charge on any atom is 0.332 e. The molecule has 1 atom stereocenters. The number of carbonyl (C=O) groups excluding carboxylic acids is 1. The monoisotopic (exact) mass is 251 g/mol. The summed E-state index contributed by atoms with van der Waals surface area (Å²) in [5, 5.41) is 12.0. The molecule has 0 aromatic carbocycles. The van der Waals surface area contributed by atoms with Crippen LogP contribution in [-0.4, -0.2) is 30.2 Å². The molecule has 0 aromatic heterocycles. The number of carboxylic acids is 1. The van der Waals surface area contributed by atoms with Gasteiger partial charge in [-0.05, 0) is 25.3 Å². The molecule has 0 aromatic rings. The van der Waals surface area contributed by atoms with E-state index in [0.29, 0.717) is 12.1 Å². The van der Waals surface area contributed by atoms with E-state index < -0.39 is 18.0 Å². The molecule has 0 aliphatic heterocycles. The fraction of sp³-hybridized carbons (Fsp3) is 0.385. The van der Waals surface area contributed by atoms with Crippen LogP contribution in [0, 0.1) is 0 Å². The molecule has 0 fully saturated rings. The van der Waals surface area contributed by atoms with Crippen molar-refractivity contribution in [2.45, 2.75) is 25.8 Å². The highest BCUT2D eigenvalue weighted by Crippen LogP contribution is 2.16. The smallest absolute Gasteiger partial charge is 0.332 e. The Morgan fingerprint density at radius 1 is 1.50 bits per heavy atom. The van der Waals surface area contributed by atoms with Gasteiger partial charge in [0.25, 0.3) is 0 Å². The van der Waals surface area contributed by atoms with E-state index in [1.165, 1.54) is 13.2 Å². The molecule has 5 nitrogen and oxygen atoms in total. The van der Waals surface area contributed by atoms with Crippen molar-refractivity contribution in [2.24, 2.45) is 0 Å². The van der Waals surface area contributed by atoms with Crippen molar-refractivity contribution in [1.82, 2.24) is 5.32 Å². The molecule has 98 valence electrons. The number of carboxylic acid groups (broad SMARTS) is 1. The largest absolute Gasteiger partial charge is 0.479 e. The number of esters is 1. The van der Waals surface area contributed by atoms with Gasteiger partial charge < -0.3 is 15.2 Å². The lowest BCUT2D eigenvalue weighted by Crippen LogP contribution is -2.37. The van der Waals surface area contributed by atoms with Gasteiger partial charge in [0, 0.05) is 11.8 Å². The Bertz CT molecular complexity index is 421. The fourth-order valence-corrected chi connectivity index (χ4v) is 1.67. The summed E-state index contributed by atoms with van der Waals surface area (Å²) in [7, 11) is 1.27. The maximum absolute atomic E-state index is 11.2. The van der Waals surface area contributed by atoms with Crippen molar-refractivity contribution in [2.75, 3.05) is 7.11 Å². The number of ether oxygens (including phenoxy) is 1. The van der Waals surface area contributed by atoms with Gasteiger partial charge in [0.15, 0.2) is 0 Å². The van der Waals surface area contributed by atoms with Crippen LogP contribution >= 0.6 is 0 Å². The summed E-state index contributed by atoms with van der Waals surface area (Å²) < 4.78 is 4.48. The molecule has 0 spiro atoms. The van der Waals surface area contributed by atoms with E-state index in [0.717, 1.165) is 12.0 Å². The van der Waals surface area contributed by atoms with E-state index in [9.17, 15) is 14.7 Å². The van der Waals surface area contributed by atoms with Gasteiger partial charge in [-0.3, -0.25) is 0 Å². The van der Waals surface area contributed by atoms with Crippen molar-refractivity contribution >= 4 is 11.9 Å². The maximum atomic E-state index is 11.2. The molecule has 0 heterocycles. The van der Waals surface area contributed by atoms with E-state index in [1.54, 1.807) is 6.92 Å². The van der Waals surface area contributed by atoms with Crippen LogP contribution in [0.1, 0.15) is 19.8 Å². The molecule has 1 aliphatic rings. The average molecular weight is 251 g/mol. The predicted molar refractivity (Wildman–Crippen MR) is 66.8 cm³/mol. The van der Waals surface area contributed by atoms with Crippen LogP contribution in [0.3, 0.4) is 0 Å². The standard InChI is InChI=1S/C13H17NO4/c1-9(8-11(15)18-2)14-12(13(16)17)10-6-4-3-5-7-10/h3-4,7-8,12,14H,5-6H2,1-2H3,(H,16,17). The van der Waals surface area contributed by atoms with E-state index in [-0.39, 0.29) is 0 Å². The first-order chi connectivity index (χ1) is 8.54. The fourth-order valence-electron chi connectivity index (χ4n) is 1.67. The van der Waals surface area contributed by atoms with Crippen LogP contribution < -0.4 is 5.32 Å². The second-order valence-electron chi connectivity index (χ2n) is 3.96. The van der Waals surface area contributed by atoms with Crippen LogP contribution in [0.2, 0.25) is 0 Å². The summed E-state index contributed by atoms with van der Waals surface area (Å²) in [5.74, 6) is -1.48. The Morgan fingerprint density at radius 2 is 2.22 bits per heavy atom. The Balaban J connectivity index is 2.75. The molecule has 1 aliphatic carbocycles. The SMILES string of the molecule is COC(=O)C=C(C)NC(C(=O)O)C1=CCC=CC1. The highest BCUT2D eigenvalue weighted by Gasteiger charge is 2.22. The van der Waals surface area contributed by atoms with Gasteiger partial charge in [-0.25, -0.2) is 9.59 Å². The van der Waals surface area contributed by atoms with Gasteiger partial charge in [0.1, 0.15) is 6.04 Å². The van der Waals surface area contributed by atoms with Crippen LogP contribution in [0.25, 0.3) is 0 Å². The minimum absolute atomic E-state index is 0.463. The van der Waals surface area contributed by atoms with E-state index in [4.69, 9.17) is 0 Å². The first kappa shape index (κ1) is 14.0. The number of nitrogens with one attached hydrogen (secondary N) is 1. The lowest BCUT2D eigenvalue weighted by atomic mass is 9.98. The second-order valence-corrected chi connectivity index (χ2v) is 3.96. The van der Waals surface area contributed by atoms with Crippen LogP contribution in [0.5, 0.6) is 0 Å². The van der Waals surface area contributed by atoms with Crippen molar-refractivity contribution in [3.63, 3.8) is 0 Å². The zero-order chi connectivity index (χ0) is 13.5. The van der Waals surface area contributed by atoms with Crippen LogP contribution in [0.4, 0.5) is 0 Å². The van der Waals surface area contributed by atoms with Gasteiger partial charge in [0.05, 0.1) is 7.11 Å². The summed E-state index contributed by atoms with van der Waals surface area (Å²) in [6.45, 7) is 1.63. The molecule has 0 saturated heterocycles. The zero-order valence-corrected chi connectivity index (χ0v) is 10.5. The molecular formula is C13H17NO4. The third-order valence-corrected chi connectivity index (χ3v) is 2.56. The average Bonchev–Trinajstić information content (AvgIpc) is 2.36. The van der Waals surface area contributed by atoms with Gasteiger partial charge >= 0.3 is 11.9 Å². The molecule has 0 saturated carbocycles. The molecule has 0 bridgehead atoms. The van der Waals surface area contributed by atoms with Gasteiger partial charge in [-0.15, -0.1) is 0 Å². The molecule has 18 heavy (non-hydrogen) atoms. The summed E-state index contributed by atoms with van der Waals surface area (Å²) in [6, 6.07) is -0.809. The van der Waals surface area contributed by atoms with Crippen molar-refractivity contribution < 1.29 is 19.4 Å². The van der Waals surface area contributed by atoms with Gasteiger partial charge in [-0.1, -0.05) is 18.2 Å². The second kappa shape index (κ2) is 6.64. The molecular weight excluding hydrogens is 234 g/mol. The Labute approximate surface area is 106 Å². The first-order valence-corrected chi connectivity index (χ1v) is 5.64. The highest BCUT2D eigenvalue weighted by molar-refractivity contribution is 5.83. The Kier molecular flexibility index (Phi) is 5.17. The van der Waals surface area contributed by atoms with Gasteiger partial charge in [0.2, 0.25) is 0 Å². The zero-order valence-electron chi connectivity index (χ0n) is 10.5. The normalized spacial score (nSPS) is 16.8. The predicted octanol–water partition coefficient (Wildman–Crippen LogP) is 1.38. The molecule has 1 unspecified atom stereocenters. The molecule has 1 rings (SSSR count). The van der Waals surface area contributed by atoms with E-state index in [2.05, 4.69) is 10.1 Å². The topological polar surface area (TPSA) is 75.6 Å². The molecule has 0 radical (unpaired) electrons. The lowest BCUT2D eigenvalue weighted by Gasteiger charge is -2.20. The van der Waals surface area contributed by atoms with Crippen molar-refractivity contribution in [3.05, 3.63) is 35.6 Å². The van der Waals surface area contributed by atoms with Crippen molar-refractivity contribution in [3.8, 4) is 0 Å². The highest BCUT2D eigenvalue weighted by atomic mass is 16.5. The lowest BCUT2D eigenvalue weighted by molar-refractivity contribution is -0.138. The summed E-state index contributed by atoms with van der Waals surface area (Å²) in [5.41, 5.74) is 1.26. The Morgan fingerprint density at radius 3 is 2.72 bits per heavy atom. The number of rotatable bonds is 5. The molecule has 5 heteroatoms. The van der Waals surface area contributed by atoms with E-state index in [1.807, 2.05) is 18.2 Å². The minimum atomic E-state index is -0.964. The third kappa shape index (κ3) is 4.08. The third-order valence-electron chi connectivity index (χ3n) is 2.56. The number of allylic oxidation sites excluding steroid dienone is 4. The number of carbonyl (C=O) groups is 2. The summed E-state index contributed by atoms with van der Waals surface area (Å²) in [4.78, 5) is 22.3. The Hall–Kier alpha value is -2.04. The van der Waals surface area contributed by atoms with Gasteiger partial charge in [-0.2, -0.15) is 0 Å². The van der Waals surface area contributed by atoms with Crippen LogP contribution in [-0.2, 0) is 14.3 Å². The van der Waals surface area contributed by atoms with Crippen LogP contribution in [0.15, 0.2) is 35.6 Å². The number of aliphatic carboxylic acids is 1. The van der Waals surface area contributed by atoms with Crippen molar-refractivity contribution in [1.29, 1.82) is 0 Å². The quantitative estimate of drug-likeness (QED) is 0.438. The first-order valence-electron chi connectivity index (χ1n) is 5.64. The minimum Gasteiger partial charge on any atom is -0.479 e. The number of hydrogen-bond acceptors (Lipinski definition) is 4. The summed E-state index contributed by atoms with van der Waals surface area (Å²) in [6.07, 6.45) is 8.38. The number of methoxy groups -OCH3 is 1. The molecule has 0 amide bonds. The van der Waals surface area contributed by atoms with E-state index >= 15 is 0 Å².